The van der Waals surface area contributed by atoms with Crippen LogP contribution >= 0.6 is 11.6 Å². The highest BCUT2D eigenvalue weighted by Gasteiger charge is 2.18. The van der Waals surface area contributed by atoms with Gasteiger partial charge in [-0.1, -0.05) is 17.7 Å². The molecule has 0 aliphatic carbocycles. The average molecular weight is 309 g/mol. The number of rotatable bonds is 6. The van der Waals surface area contributed by atoms with Crippen molar-refractivity contribution in [3.8, 4) is 5.75 Å². The van der Waals surface area contributed by atoms with Crippen molar-refractivity contribution < 1.29 is 9.66 Å². The predicted octanol–water partition coefficient (Wildman–Crippen LogP) is 3.05. The third-order valence-corrected chi connectivity index (χ3v) is 2.87. The van der Waals surface area contributed by atoms with Crippen LogP contribution in [-0.4, -0.2) is 21.4 Å². The van der Waals surface area contributed by atoms with Gasteiger partial charge in [-0.15, -0.1) is 0 Å². The molecule has 1 heterocycles. The molecule has 110 valence electrons. The first-order chi connectivity index (χ1) is 10.1. The largest absolute Gasteiger partial charge is 0.479 e. The molecule has 8 heteroatoms. The molecule has 0 aliphatic heterocycles. The molecule has 0 saturated carbocycles. The molecule has 0 unspecified atom stereocenters. The summed E-state index contributed by atoms with van der Waals surface area (Å²) in [5.74, 6) is 0.687. The van der Waals surface area contributed by atoms with Crippen LogP contribution in [0.3, 0.4) is 0 Å². The number of aromatic nitrogens is 2. The Hall–Kier alpha value is -2.41. The van der Waals surface area contributed by atoms with Crippen LogP contribution in [0.5, 0.6) is 5.75 Å². The zero-order valence-corrected chi connectivity index (χ0v) is 12.0. The zero-order valence-electron chi connectivity index (χ0n) is 11.2. The van der Waals surface area contributed by atoms with E-state index in [0.717, 1.165) is 6.54 Å². The molecule has 0 amide bonds. The summed E-state index contributed by atoms with van der Waals surface area (Å²) in [7, 11) is 0. The summed E-state index contributed by atoms with van der Waals surface area (Å²) in [6.45, 7) is 2.75. The maximum atomic E-state index is 10.9. The molecule has 0 spiro atoms. The second-order valence-corrected chi connectivity index (χ2v) is 4.46. The zero-order chi connectivity index (χ0) is 15.2. The van der Waals surface area contributed by atoms with Crippen molar-refractivity contribution >= 4 is 23.1 Å². The van der Waals surface area contributed by atoms with E-state index in [1.165, 1.54) is 18.2 Å². The van der Waals surface area contributed by atoms with Gasteiger partial charge in [0.1, 0.15) is 12.4 Å². The maximum absolute atomic E-state index is 10.9. The summed E-state index contributed by atoms with van der Waals surface area (Å²) in [6.07, 6.45) is 3.11. The Morgan fingerprint density at radius 2 is 2.19 bits per heavy atom. The van der Waals surface area contributed by atoms with Gasteiger partial charge in [-0.3, -0.25) is 15.1 Å². The third-order valence-electron chi connectivity index (χ3n) is 2.57. The van der Waals surface area contributed by atoms with Crippen molar-refractivity contribution in [1.29, 1.82) is 0 Å². The number of nitrogens with zero attached hydrogens (tertiary/aromatic N) is 3. The fraction of sp³-hybridized carbons (Fsp3) is 0.231. The molecule has 1 N–H and O–H groups in total. The Morgan fingerprint density at radius 1 is 1.38 bits per heavy atom. The van der Waals surface area contributed by atoms with Crippen molar-refractivity contribution in [2.45, 2.75) is 13.5 Å². The lowest BCUT2D eigenvalue weighted by molar-refractivity contribution is -0.385. The number of halogens is 1. The van der Waals surface area contributed by atoms with Crippen LogP contribution in [0.15, 0.2) is 30.6 Å². The lowest BCUT2D eigenvalue weighted by atomic mass is 10.3. The Bertz CT molecular complexity index is 634. The Labute approximate surface area is 126 Å². The van der Waals surface area contributed by atoms with Crippen molar-refractivity contribution in [3.63, 3.8) is 0 Å². The highest BCUT2D eigenvalue weighted by atomic mass is 35.5. The monoisotopic (exact) mass is 308 g/mol. The van der Waals surface area contributed by atoms with Crippen molar-refractivity contribution in [2.24, 2.45) is 0 Å². The van der Waals surface area contributed by atoms with Crippen LogP contribution in [0.4, 0.5) is 11.5 Å². The highest BCUT2D eigenvalue weighted by Crippen LogP contribution is 2.34. The van der Waals surface area contributed by atoms with E-state index in [1.54, 1.807) is 12.4 Å². The van der Waals surface area contributed by atoms with Crippen molar-refractivity contribution in [3.05, 3.63) is 51.4 Å². The molecular weight excluding hydrogens is 296 g/mol. The third kappa shape index (κ3) is 3.79. The van der Waals surface area contributed by atoms with E-state index in [0.29, 0.717) is 11.5 Å². The normalized spacial score (nSPS) is 10.2. The lowest BCUT2D eigenvalue weighted by Crippen LogP contribution is -2.04. The van der Waals surface area contributed by atoms with Crippen LogP contribution in [0, 0.1) is 10.1 Å². The molecule has 0 atom stereocenters. The van der Waals surface area contributed by atoms with Crippen LogP contribution in [-0.2, 0) is 6.61 Å². The first-order valence-corrected chi connectivity index (χ1v) is 6.60. The van der Waals surface area contributed by atoms with Gasteiger partial charge >= 0.3 is 5.69 Å². The quantitative estimate of drug-likeness (QED) is 0.651. The first kappa shape index (κ1) is 15.0. The Kier molecular flexibility index (Phi) is 4.89. The number of nitrogens with one attached hydrogen (secondary N) is 1. The van der Waals surface area contributed by atoms with Crippen LogP contribution in [0.1, 0.15) is 12.6 Å². The molecule has 2 aromatic rings. The van der Waals surface area contributed by atoms with E-state index in [1.807, 2.05) is 6.92 Å². The number of nitro groups is 1. The van der Waals surface area contributed by atoms with Crippen LogP contribution in [0.2, 0.25) is 5.02 Å². The van der Waals surface area contributed by atoms with Gasteiger partial charge in [0.25, 0.3) is 0 Å². The molecule has 0 bridgehead atoms. The molecule has 0 radical (unpaired) electrons. The summed E-state index contributed by atoms with van der Waals surface area (Å²) >= 11 is 5.93. The van der Waals surface area contributed by atoms with Gasteiger partial charge in [0.05, 0.1) is 28.0 Å². The second kappa shape index (κ2) is 6.85. The number of ether oxygens (including phenoxy) is 1. The molecule has 0 fully saturated rings. The molecule has 0 saturated heterocycles. The number of para-hydroxylation sites is 1. The minimum atomic E-state index is -0.541. The summed E-state index contributed by atoms with van der Waals surface area (Å²) in [5, 5.41) is 14.1. The molecular formula is C13H13ClN4O3. The van der Waals surface area contributed by atoms with Crippen molar-refractivity contribution in [1.82, 2.24) is 9.97 Å². The van der Waals surface area contributed by atoms with Crippen LogP contribution < -0.4 is 10.1 Å². The van der Waals surface area contributed by atoms with Gasteiger partial charge in [-0.25, -0.2) is 4.98 Å². The molecule has 1 aromatic heterocycles. The van der Waals surface area contributed by atoms with Crippen LogP contribution in [0.25, 0.3) is 0 Å². The summed E-state index contributed by atoms with van der Waals surface area (Å²) in [5.41, 5.74) is 0.366. The highest BCUT2D eigenvalue weighted by molar-refractivity contribution is 6.32. The first-order valence-electron chi connectivity index (χ1n) is 6.22. The number of anilines is 1. The fourth-order valence-corrected chi connectivity index (χ4v) is 1.86. The molecule has 21 heavy (non-hydrogen) atoms. The minimum absolute atomic E-state index is 0.0294. The van der Waals surface area contributed by atoms with E-state index < -0.39 is 4.92 Å². The molecule has 1 aromatic carbocycles. The van der Waals surface area contributed by atoms with Gasteiger partial charge < -0.3 is 10.1 Å². The van der Waals surface area contributed by atoms with E-state index in [2.05, 4.69) is 15.3 Å². The summed E-state index contributed by atoms with van der Waals surface area (Å²) < 4.78 is 5.42. The summed E-state index contributed by atoms with van der Waals surface area (Å²) in [6, 6.07) is 4.36. The number of nitro benzene ring substituents is 1. The van der Waals surface area contributed by atoms with Gasteiger partial charge in [0.2, 0.25) is 5.75 Å². The topological polar surface area (TPSA) is 90.2 Å². The second-order valence-electron chi connectivity index (χ2n) is 4.06. The molecule has 2 rings (SSSR count). The predicted molar refractivity (Wildman–Crippen MR) is 78.6 cm³/mol. The van der Waals surface area contributed by atoms with E-state index in [9.17, 15) is 10.1 Å². The maximum Gasteiger partial charge on any atom is 0.312 e. The standard InChI is InChI=1S/C13H13ClN4O3/c1-2-15-12-7-16-9(6-17-12)8-21-13-10(14)4-3-5-11(13)18(19)20/h3-7H,2,8H2,1H3,(H,15,17). The number of benzene rings is 1. The lowest BCUT2D eigenvalue weighted by Gasteiger charge is -2.08. The average Bonchev–Trinajstić information content (AvgIpc) is 2.47. The van der Waals surface area contributed by atoms with E-state index >= 15 is 0 Å². The fourth-order valence-electron chi connectivity index (χ4n) is 1.63. The van der Waals surface area contributed by atoms with Gasteiger partial charge in [0.15, 0.2) is 0 Å². The Morgan fingerprint density at radius 3 is 2.81 bits per heavy atom. The number of hydrogen-bond donors (Lipinski definition) is 1. The number of hydrogen-bond acceptors (Lipinski definition) is 6. The van der Waals surface area contributed by atoms with E-state index in [4.69, 9.17) is 16.3 Å². The SMILES string of the molecule is CCNc1cnc(COc2c(Cl)cccc2[N+](=O)[O-])cn1. The van der Waals surface area contributed by atoms with Gasteiger partial charge in [-0.05, 0) is 13.0 Å². The molecule has 7 nitrogen and oxygen atoms in total. The van der Waals surface area contributed by atoms with Crippen molar-refractivity contribution in [2.75, 3.05) is 11.9 Å². The van der Waals surface area contributed by atoms with E-state index in [-0.39, 0.29) is 23.1 Å². The minimum Gasteiger partial charge on any atom is -0.479 e. The Balaban J connectivity index is 2.11. The summed E-state index contributed by atoms with van der Waals surface area (Å²) in [4.78, 5) is 18.7. The van der Waals surface area contributed by atoms with Gasteiger partial charge in [0, 0.05) is 12.6 Å². The smallest absolute Gasteiger partial charge is 0.312 e. The van der Waals surface area contributed by atoms with Gasteiger partial charge in [-0.2, -0.15) is 0 Å². The molecule has 0 aliphatic rings.